The molecule has 2 heterocycles. The van der Waals surface area contributed by atoms with Crippen molar-refractivity contribution >= 4 is 11.9 Å². The molecular weight excluding hydrogens is 342 g/mol. The van der Waals surface area contributed by atoms with Crippen LogP contribution in [0.1, 0.15) is 37.7 Å². The minimum absolute atomic E-state index is 0.0970. The van der Waals surface area contributed by atoms with Crippen LogP contribution in [0.5, 0.6) is 0 Å². The van der Waals surface area contributed by atoms with Gasteiger partial charge in [-0.25, -0.2) is 4.79 Å². The van der Waals surface area contributed by atoms with Crippen molar-refractivity contribution in [2.75, 3.05) is 32.7 Å². The molecule has 6 heteroatoms. The Morgan fingerprint density at radius 3 is 2.37 bits per heavy atom. The van der Waals surface area contributed by atoms with Crippen molar-refractivity contribution in [1.29, 1.82) is 0 Å². The Hall–Kier alpha value is -2.08. The van der Waals surface area contributed by atoms with Gasteiger partial charge in [0, 0.05) is 39.1 Å². The number of amides is 3. The fourth-order valence-corrected chi connectivity index (χ4v) is 4.02. The monoisotopic (exact) mass is 373 g/mol. The van der Waals surface area contributed by atoms with Crippen LogP contribution in [0, 0.1) is 5.92 Å². The minimum Gasteiger partial charge on any atom is -0.392 e. The summed E-state index contributed by atoms with van der Waals surface area (Å²) in [6, 6.07) is 9.93. The summed E-state index contributed by atoms with van der Waals surface area (Å²) in [4.78, 5) is 28.0. The molecule has 1 atom stereocenters. The number of aliphatic hydroxyl groups excluding tert-OH is 1. The number of hydrogen-bond donors (Lipinski definition) is 2. The maximum atomic E-state index is 12.3. The minimum atomic E-state index is -0.365. The summed E-state index contributed by atoms with van der Waals surface area (Å²) in [6.45, 7) is 3.41. The van der Waals surface area contributed by atoms with Crippen molar-refractivity contribution in [3.8, 4) is 0 Å². The first-order valence-electron chi connectivity index (χ1n) is 10.2. The lowest BCUT2D eigenvalue weighted by Crippen LogP contribution is -2.46. The van der Waals surface area contributed by atoms with Gasteiger partial charge >= 0.3 is 6.03 Å². The second-order valence-electron chi connectivity index (χ2n) is 7.65. The molecule has 27 heavy (non-hydrogen) atoms. The van der Waals surface area contributed by atoms with Gasteiger partial charge in [-0.15, -0.1) is 0 Å². The second-order valence-corrected chi connectivity index (χ2v) is 7.65. The first-order valence-corrected chi connectivity index (χ1v) is 10.2. The third-order valence-electron chi connectivity index (χ3n) is 5.73. The molecule has 1 aromatic rings. The Bertz CT molecular complexity index is 608. The van der Waals surface area contributed by atoms with E-state index in [0.717, 1.165) is 44.3 Å². The molecular formula is C21H31N3O3. The zero-order chi connectivity index (χ0) is 19.1. The Kier molecular flexibility index (Phi) is 7.10. The number of likely N-dealkylation sites (tertiary alicyclic amines) is 2. The van der Waals surface area contributed by atoms with E-state index in [2.05, 4.69) is 5.32 Å². The fourth-order valence-electron chi connectivity index (χ4n) is 4.02. The third-order valence-corrected chi connectivity index (χ3v) is 5.73. The highest BCUT2D eigenvalue weighted by molar-refractivity contribution is 5.78. The van der Waals surface area contributed by atoms with Gasteiger partial charge in [-0.1, -0.05) is 30.3 Å². The maximum Gasteiger partial charge on any atom is 0.317 e. The van der Waals surface area contributed by atoms with Gasteiger partial charge < -0.3 is 20.2 Å². The van der Waals surface area contributed by atoms with Crippen molar-refractivity contribution < 1.29 is 14.7 Å². The lowest BCUT2D eigenvalue weighted by Gasteiger charge is -2.34. The first kappa shape index (κ1) is 19.7. The van der Waals surface area contributed by atoms with E-state index in [1.165, 1.54) is 0 Å². The zero-order valence-electron chi connectivity index (χ0n) is 16.0. The molecule has 0 radical (unpaired) electrons. The van der Waals surface area contributed by atoms with Crippen LogP contribution in [0.4, 0.5) is 4.79 Å². The molecule has 0 aromatic heterocycles. The molecule has 0 unspecified atom stereocenters. The molecule has 2 aliphatic heterocycles. The first-order chi connectivity index (χ1) is 13.1. The average molecular weight is 373 g/mol. The van der Waals surface area contributed by atoms with Gasteiger partial charge in [0.1, 0.15) is 0 Å². The van der Waals surface area contributed by atoms with Crippen molar-refractivity contribution in [1.82, 2.24) is 15.1 Å². The molecule has 148 valence electrons. The smallest absolute Gasteiger partial charge is 0.317 e. The number of carbonyl (C=O) groups is 2. The summed E-state index contributed by atoms with van der Waals surface area (Å²) in [5, 5.41) is 13.4. The van der Waals surface area contributed by atoms with Gasteiger partial charge in [0.05, 0.1) is 6.10 Å². The molecule has 3 rings (SSSR count). The number of urea groups is 1. The van der Waals surface area contributed by atoms with E-state index < -0.39 is 0 Å². The van der Waals surface area contributed by atoms with Gasteiger partial charge in [0.15, 0.2) is 0 Å². The Balaban J connectivity index is 1.34. The average Bonchev–Trinajstić information content (AvgIpc) is 3.23. The number of benzene rings is 1. The predicted octanol–water partition coefficient (Wildman–Crippen LogP) is 2.02. The summed E-state index contributed by atoms with van der Waals surface area (Å²) < 4.78 is 0. The molecule has 1 aromatic carbocycles. The van der Waals surface area contributed by atoms with Crippen LogP contribution in [0.15, 0.2) is 30.3 Å². The number of aliphatic hydroxyl groups is 1. The van der Waals surface area contributed by atoms with Crippen molar-refractivity contribution in [2.45, 2.75) is 44.6 Å². The standard InChI is InChI=1S/C21H31N3O3/c25-19(16-17-6-2-1-3-7-17)18-9-14-24(15-10-18)21(27)22-11-8-20(26)23-12-4-5-13-23/h1-3,6-7,18-19,25H,4-5,8-16H2,(H,22,27)/t19-/m0/s1. The van der Waals surface area contributed by atoms with E-state index in [1.54, 1.807) is 4.90 Å². The normalized spacial score (nSPS) is 19.1. The summed E-state index contributed by atoms with van der Waals surface area (Å²) in [5.74, 6) is 0.363. The van der Waals surface area contributed by atoms with Crippen molar-refractivity contribution in [3.63, 3.8) is 0 Å². The van der Waals surface area contributed by atoms with Crippen LogP contribution in [0.25, 0.3) is 0 Å². The lowest BCUT2D eigenvalue weighted by atomic mass is 9.88. The molecule has 2 fully saturated rings. The van der Waals surface area contributed by atoms with Gasteiger partial charge in [-0.3, -0.25) is 4.79 Å². The summed E-state index contributed by atoms with van der Waals surface area (Å²) >= 11 is 0. The van der Waals surface area contributed by atoms with Gasteiger partial charge in [0.2, 0.25) is 5.91 Å². The molecule has 2 N–H and O–H groups in total. The highest BCUT2D eigenvalue weighted by Crippen LogP contribution is 2.23. The Labute approximate surface area is 161 Å². The third kappa shape index (κ3) is 5.70. The van der Waals surface area contributed by atoms with Crippen LogP contribution in [0.3, 0.4) is 0 Å². The zero-order valence-corrected chi connectivity index (χ0v) is 16.0. The SMILES string of the molecule is O=C(CCNC(=O)N1CCC([C@@H](O)Cc2ccccc2)CC1)N1CCCC1. The highest BCUT2D eigenvalue weighted by Gasteiger charge is 2.27. The number of hydrogen-bond acceptors (Lipinski definition) is 3. The molecule has 0 aliphatic carbocycles. The summed E-state index contributed by atoms with van der Waals surface area (Å²) in [5.41, 5.74) is 1.15. The summed E-state index contributed by atoms with van der Waals surface area (Å²) in [7, 11) is 0. The predicted molar refractivity (Wildman–Crippen MR) is 104 cm³/mol. The molecule has 0 saturated carbocycles. The Morgan fingerprint density at radius 2 is 1.70 bits per heavy atom. The van der Waals surface area contributed by atoms with Crippen molar-refractivity contribution in [2.24, 2.45) is 5.92 Å². The molecule has 2 saturated heterocycles. The topological polar surface area (TPSA) is 72.9 Å². The number of nitrogens with zero attached hydrogens (tertiary/aromatic N) is 2. The number of piperidine rings is 1. The number of nitrogens with one attached hydrogen (secondary N) is 1. The molecule has 3 amide bonds. The highest BCUT2D eigenvalue weighted by atomic mass is 16.3. The molecule has 2 aliphatic rings. The molecule has 0 bridgehead atoms. The maximum absolute atomic E-state index is 12.3. The van der Waals surface area contributed by atoms with Crippen LogP contribution in [-0.2, 0) is 11.2 Å². The van der Waals surface area contributed by atoms with Crippen molar-refractivity contribution in [3.05, 3.63) is 35.9 Å². The van der Waals surface area contributed by atoms with Crippen LogP contribution in [-0.4, -0.2) is 65.7 Å². The number of rotatable bonds is 6. The fraction of sp³-hybridized carbons (Fsp3) is 0.619. The van der Waals surface area contributed by atoms with Crippen LogP contribution >= 0.6 is 0 Å². The van der Waals surface area contributed by atoms with Crippen LogP contribution in [0.2, 0.25) is 0 Å². The lowest BCUT2D eigenvalue weighted by molar-refractivity contribution is -0.129. The quantitative estimate of drug-likeness (QED) is 0.801. The molecule has 6 nitrogen and oxygen atoms in total. The Morgan fingerprint density at radius 1 is 1.04 bits per heavy atom. The summed E-state index contributed by atoms with van der Waals surface area (Å²) in [6.07, 6.45) is 4.47. The van der Waals surface area contributed by atoms with Gasteiger partial charge in [-0.2, -0.15) is 0 Å². The van der Waals surface area contributed by atoms with E-state index in [9.17, 15) is 14.7 Å². The van der Waals surface area contributed by atoms with E-state index in [-0.39, 0.29) is 24.0 Å². The van der Waals surface area contributed by atoms with Crippen LogP contribution < -0.4 is 5.32 Å². The largest absolute Gasteiger partial charge is 0.392 e. The van der Waals surface area contributed by atoms with E-state index >= 15 is 0 Å². The van der Waals surface area contributed by atoms with Gasteiger partial charge in [0.25, 0.3) is 0 Å². The van der Waals surface area contributed by atoms with E-state index in [0.29, 0.717) is 32.5 Å². The second kappa shape index (κ2) is 9.74. The molecule has 0 spiro atoms. The van der Waals surface area contributed by atoms with Gasteiger partial charge in [-0.05, 0) is 43.6 Å². The van der Waals surface area contributed by atoms with E-state index in [4.69, 9.17) is 0 Å². The van der Waals surface area contributed by atoms with E-state index in [1.807, 2.05) is 35.2 Å². The number of carbonyl (C=O) groups excluding carboxylic acids is 2.